The summed E-state index contributed by atoms with van der Waals surface area (Å²) in [5.41, 5.74) is -2.17. The van der Waals surface area contributed by atoms with Gasteiger partial charge in [-0.15, -0.1) is 0 Å². The van der Waals surface area contributed by atoms with Crippen LogP contribution in [-0.2, 0) is 30.0 Å². The maximum absolute atomic E-state index is 14.3. The molecule has 0 N–H and O–H groups in total. The second-order valence-electron chi connectivity index (χ2n) is 9.60. The lowest BCUT2D eigenvalue weighted by atomic mass is 9.67. The van der Waals surface area contributed by atoms with Crippen LogP contribution in [-0.4, -0.2) is 61.1 Å². The minimum Gasteiger partial charge on any atom is -0.466 e. The molecule has 206 valence electrons. The number of alkyl halides is 3. The van der Waals surface area contributed by atoms with E-state index < -0.39 is 46.9 Å². The predicted molar refractivity (Wildman–Crippen MR) is 133 cm³/mol. The molecule has 0 aliphatic carbocycles. The number of esters is 1. The number of morpholine rings is 1. The van der Waals surface area contributed by atoms with Crippen LogP contribution in [0.15, 0.2) is 48.5 Å². The van der Waals surface area contributed by atoms with Gasteiger partial charge >= 0.3 is 12.1 Å². The van der Waals surface area contributed by atoms with Gasteiger partial charge in [-0.25, -0.2) is 0 Å². The highest BCUT2D eigenvalue weighted by molar-refractivity contribution is 6.08. The number of carbonyl (C=O) groups is 3. The minimum atomic E-state index is -4.69. The fourth-order valence-electron chi connectivity index (χ4n) is 5.48. The van der Waals surface area contributed by atoms with Gasteiger partial charge in [-0.1, -0.05) is 18.2 Å². The number of nitriles is 1. The van der Waals surface area contributed by atoms with Gasteiger partial charge < -0.3 is 14.4 Å². The Morgan fingerprint density at radius 2 is 1.82 bits per heavy atom. The van der Waals surface area contributed by atoms with Gasteiger partial charge in [0.1, 0.15) is 5.54 Å². The van der Waals surface area contributed by atoms with Crippen LogP contribution < -0.4 is 4.90 Å². The van der Waals surface area contributed by atoms with E-state index in [1.807, 2.05) is 6.07 Å². The Balaban J connectivity index is 1.93. The van der Waals surface area contributed by atoms with E-state index >= 15 is 0 Å². The standard InChI is InChI=1S/C28H28F3N3O5/c1-3-39-25(36)24-22(19-9-7-18(17-32)8-10-19)16-23(35)34(21-6-4-5-20(15-21)28(29,30)31)27(24,2)26(37)33-11-13-38-14-12-33/h4-10,15,22,24H,3,11-14,16H2,1-2H3. The van der Waals surface area contributed by atoms with Crippen LogP contribution in [0.3, 0.4) is 0 Å². The molecule has 8 nitrogen and oxygen atoms in total. The first-order valence-electron chi connectivity index (χ1n) is 12.6. The third kappa shape index (κ3) is 5.34. The number of hydrogen-bond donors (Lipinski definition) is 0. The van der Waals surface area contributed by atoms with Gasteiger partial charge in [0.05, 0.1) is 42.9 Å². The molecule has 2 aromatic carbocycles. The van der Waals surface area contributed by atoms with Crippen LogP contribution in [0, 0.1) is 17.2 Å². The molecule has 2 amide bonds. The summed E-state index contributed by atoms with van der Waals surface area (Å²) in [6, 6.07) is 12.5. The number of halogens is 3. The van der Waals surface area contributed by atoms with Crippen LogP contribution in [0.4, 0.5) is 18.9 Å². The van der Waals surface area contributed by atoms with E-state index in [0.717, 1.165) is 23.1 Å². The average Bonchev–Trinajstić information content (AvgIpc) is 2.92. The van der Waals surface area contributed by atoms with Gasteiger partial charge in [0.2, 0.25) is 11.8 Å². The third-order valence-electron chi connectivity index (χ3n) is 7.29. The number of rotatable bonds is 5. The van der Waals surface area contributed by atoms with Crippen LogP contribution in [0.1, 0.15) is 42.9 Å². The Hall–Kier alpha value is -3.91. The van der Waals surface area contributed by atoms with E-state index in [4.69, 9.17) is 9.47 Å². The second kappa shape index (κ2) is 11.1. The molecule has 2 heterocycles. The first-order chi connectivity index (χ1) is 18.5. The van der Waals surface area contributed by atoms with E-state index in [0.29, 0.717) is 11.1 Å². The number of piperidine rings is 1. The van der Waals surface area contributed by atoms with Crippen molar-refractivity contribution in [2.75, 3.05) is 37.8 Å². The van der Waals surface area contributed by atoms with Crippen LogP contribution in [0.2, 0.25) is 0 Å². The molecule has 0 aromatic heterocycles. The zero-order chi connectivity index (χ0) is 28.4. The first-order valence-corrected chi connectivity index (χ1v) is 12.6. The molecule has 4 rings (SSSR count). The fourth-order valence-corrected chi connectivity index (χ4v) is 5.48. The highest BCUT2D eigenvalue weighted by atomic mass is 19.4. The predicted octanol–water partition coefficient (Wildman–Crippen LogP) is 3.89. The number of amides is 2. The maximum atomic E-state index is 14.3. The van der Waals surface area contributed by atoms with E-state index in [2.05, 4.69) is 0 Å². The van der Waals surface area contributed by atoms with E-state index in [1.54, 1.807) is 31.2 Å². The Morgan fingerprint density at radius 1 is 1.15 bits per heavy atom. The van der Waals surface area contributed by atoms with Crippen molar-refractivity contribution in [3.05, 3.63) is 65.2 Å². The number of nitrogens with zero attached hydrogens (tertiary/aromatic N) is 3. The lowest BCUT2D eigenvalue weighted by molar-refractivity contribution is -0.161. The molecule has 11 heteroatoms. The van der Waals surface area contributed by atoms with Crippen LogP contribution in [0.5, 0.6) is 0 Å². The van der Waals surface area contributed by atoms with Gasteiger partial charge in [-0.3, -0.25) is 19.3 Å². The minimum absolute atomic E-state index is 0.00520. The van der Waals surface area contributed by atoms with Crippen molar-refractivity contribution in [3.63, 3.8) is 0 Å². The average molecular weight is 544 g/mol. The molecular formula is C28H28F3N3O5. The molecule has 2 fully saturated rings. The maximum Gasteiger partial charge on any atom is 0.416 e. The largest absolute Gasteiger partial charge is 0.466 e. The number of hydrogen-bond acceptors (Lipinski definition) is 6. The zero-order valence-electron chi connectivity index (χ0n) is 21.5. The Labute approximate surface area is 223 Å². The normalized spacial score (nSPS) is 23.7. The van der Waals surface area contributed by atoms with Crippen molar-refractivity contribution in [2.24, 2.45) is 5.92 Å². The topological polar surface area (TPSA) is 99.9 Å². The smallest absolute Gasteiger partial charge is 0.416 e. The molecular weight excluding hydrogens is 515 g/mol. The van der Waals surface area contributed by atoms with Gasteiger partial charge in [-0.05, 0) is 49.7 Å². The highest BCUT2D eigenvalue weighted by Crippen LogP contribution is 2.48. The molecule has 0 saturated carbocycles. The summed E-state index contributed by atoms with van der Waals surface area (Å²) in [6.45, 7) is 3.88. The lowest BCUT2D eigenvalue weighted by Gasteiger charge is -2.52. The molecule has 2 aliphatic rings. The van der Waals surface area contributed by atoms with Gasteiger partial charge in [0.25, 0.3) is 0 Å². The molecule has 3 atom stereocenters. The van der Waals surface area contributed by atoms with Crippen molar-refractivity contribution in [1.82, 2.24) is 4.90 Å². The first kappa shape index (κ1) is 28.1. The van der Waals surface area contributed by atoms with Crippen molar-refractivity contribution >= 4 is 23.5 Å². The van der Waals surface area contributed by atoms with Crippen LogP contribution >= 0.6 is 0 Å². The summed E-state index contributed by atoms with van der Waals surface area (Å²) in [5.74, 6) is -4.05. The van der Waals surface area contributed by atoms with Gasteiger partial charge in [0.15, 0.2) is 0 Å². The van der Waals surface area contributed by atoms with Crippen molar-refractivity contribution in [2.45, 2.75) is 37.9 Å². The Morgan fingerprint density at radius 3 is 2.41 bits per heavy atom. The third-order valence-corrected chi connectivity index (χ3v) is 7.29. The summed E-state index contributed by atoms with van der Waals surface area (Å²) >= 11 is 0. The van der Waals surface area contributed by atoms with Gasteiger partial charge in [-0.2, -0.15) is 18.4 Å². The SMILES string of the molecule is CCOC(=O)C1C(c2ccc(C#N)cc2)CC(=O)N(c2cccc(C(F)(F)F)c2)C1(C)C(=O)N1CCOCC1. The second-order valence-corrected chi connectivity index (χ2v) is 9.60. The number of benzene rings is 2. The summed E-state index contributed by atoms with van der Waals surface area (Å²) < 4.78 is 51.7. The number of carbonyl (C=O) groups excluding carboxylic acids is 3. The molecule has 0 bridgehead atoms. The Kier molecular flexibility index (Phi) is 7.97. The van der Waals surface area contributed by atoms with Gasteiger partial charge in [0, 0.05) is 31.1 Å². The number of anilines is 1. The number of ether oxygens (including phenoxy) is 2. The lowest BCUT2D eigenvalue weighted by Crippen LogP contribution is -2.70. The van der Waals surface area contributed by atoms with E-state index in [1.165, 1.54) is 17.9 Å². The Bertz CT molecular complexity index is 1280. The molecule has 2 aromatic rings. The molecule has 3 unspecified atom stereocenters. The van der Waals surface area contributed by atoms with E-state index in [-0.39, 0.29) is 45.0 Å². The molecule has 0 spiro atoms. The highest BCUT2D eigenvalue weighted by Gasteiger charge is 2.60. The molecule has 0 radical (unpaired) electrons. The monoisotopic (exact) mass is 543 g/mol. The molecule has 2 aliphatic heterocycles. The molecule has 39 heavy (non-hydrogen) atoms. The van der Waals surface area contributed by atoms with Crippen molar-refractivity contribution in [1.29, 1.82) is 5.26 Å². The van der Waals surface area contributed by atoms with Crippen molar-refractivity contribution < 1.29 is 37.0 Å². The van der Waals surface area contributed by atoms with Crippen LogP contribution in [0.25, 0.3) is 0 Å². The summed E-state index contributed by atoms with van der Waals surface area (Å²) in [5, 5.41) is 9.21. The quantitative estimate of drug-likeness (QED) is 0.531. The molecule has 2 saturated heterocycles. The summed E-state index contributed by atoms with van der Waals surface area (Å²) in [7, 11) is 0. The summed E-state index contributed by atoms with van der Waals surface area (Å²) in [4.78, 5) is 44.2. The van der Waals surface area contributed by atoms with E-state index in [9.17, 15) is 32.8 Å². The zero-order valence-corrected chi connectivity index (χ0v) is 21.5. The summed E-state index contributed by atoms with van der Waals surface area (Å²) in [6.07, 6.45) is -4.96. The fraction of sp³-hybridized carbons (Fsp3) is 0.429. The van der Waals surface area contributed by atoms with Crippen molar-refractivity contribution in [3.8, 4) is 6.07 Å².